The second kappa shape index (κ2) is 5.17. The van der Waals surface area contributed by atoms with Crippen molar-refractivity contribution in [3.63, 3.8) is 0 Å². The monoisotopic (exact) mass is 312 g/mol. The molecule has 3 rings (SSSR count). The van der Waals surface area contributed by atoms with Gasteiger partial charge in [0.15, 0.2) is 0 Å². The molecule has 2 aliphatic heterocycles. The molecular formula is C14H18BrFN2. The molecule has 1 unspecified atom stereocenters. The molecular weight excluding hydrogens is 295 g/mol. The van der Waals surface area contributed by atoms with Crippen LogP contribution >= 0.6 is 15.9 Å². The number of anilines is 1. The summed E-state index contributed by atoms with van der Waals surface area (Å²) in [5.74, 6) is -0.152. The molecule has 0 amide bonds. The zero-order chi connectivity index (χ0) is 12.5. The molecule has 1 aromatic rings. The maximum atomic E-state index is 13.4. The van der Waals surface area contributed by atoms with E-state index in [1.165, 1.54) is 38.4 Å². The zero-order valence-corrected chi connectivity index (χ0v) is 12.0. The lowest BCUT2D eigenvalue weighted by Crippen LogP contribution is -2.36. The summed E-state index contributed by atoms with van der Waals surface area (Å²) in [7, 11) is 0. The van der Waals surface area contributed by atoms with Crippen molar-refractivity contribution in [1.29, 1.82) is 0 Å². The maximum Gasteiger partial charge on any atom is 0.125 e. The van der Waals surface area contributed by atoms with E-state index in [9.17, 15) is 4.39 Å². The fourth-order valence-electron chi connectivity index (χ4n) is 3.15. The van der Waals surface area contributed by atoms with Crippen LogP contribution < -0.4 is 4.90 Å². The molecule has 2 aliphatic rings. The predicted molar refractivity (Wildman–Crippen MR) is 75.5 cm³/mol. The third-order valence-corrected chi connectivity index (χ3v) is 4.72. The van der Waals surface area contributed by atoms with Gasteiger partial charge in [0, 0.05) is 30.1 Å². The summed E-state index contributed by atoms with van der Waals surface area (Å²) in [5.41, 5.74) is 1.00. The van der Waals surface area contributed by atoms with Gasteiger partial charge in [0.25, 0.3) is 0 Å². The minimum Gasteiger partial charge on any atom is -0.369 e. The normalized spacial score (nSPS) is 25.0. The SMILES string of the molecule is Fc1ccc(Br)c(N2CCCN3CCCC3C2)c1. The molecule has 0 bridgehead atoms. The lowest BCUT2D eigenvalue weighted by Gasteiger charge is -2.28. The van der Waals surface area contributed by atoms with Gasteiger partial charge in [-0.15, -0.1) is 0 Å². The van der Waals surface area contributed by atoms with Gasteiger partial charge in [-0.1, -0.05) is 0 Å². The van der Waals surface area contributed by atoms with E-state index in [2.05, 4.69) is 25.7 Å². The summed E-state index contributed by atoms with van der Waals surface area (Å²) in [6.45, 7) is 4.48. The van der Waals surface area contributed by atoms with E-state index in [0.717, 1.165) is 23.2 Å². The van der Waals surface area contributed by atoms with Crippen LogP contribution in [0, 0.1) is 5.82 Å². The van der Waals surface area contributed by atoms with Crippen molar-refractivity contribution in [2.75, 3.05) is 31.1 Å². The summed E-state index contributed by atoms with van der Waals surface area (Å²) in [4.78, 5) is 4.93. The van der Waals surface area contributed by atoms with E-state index in [1.54, 1.807) is 6.07 Å². The van der Waals surface area contributed by atoms with Gasteiger partial charge >= 0.3 is 0 Å². The van der Waals surface area contributed by atoms with Crippen molar-refractivity contribution in [1.82, 2.24) is 4.90 Å². The first-order valence-electron chi connectivity index (χ1n) is 6.68. The highest BCUT2D eigenvalue weighted by Gasteiger charge is 2.29. The number of benzene rings is 1. The molecule has 0 aromatic heterocycles. The van der Waals surface area contributed by atoms with Gasteiger partial charge in [-0.2, -0.15) is 0 Å². The molecule has 0 aliphatic carbocycles. The molecule has 2 fully saturated rings. The topological polar surface area (TPSA) is 6.48 Å². The maximum absolute atomic E-state index is 13.4. The van der Waals surface area contributed by atoms with Gasteiger partial charge in [-0.25, -0.2) is 4.39 Å². The molecule has 0 N–H and O–H groups in total. The standard InChI is InChI=1S/C14H18BrFN2/c15-13-5-4-11(16)9-14(13)18-8-2-7-17-6-1-3-12(17)10-18/h4-5,9,12H,1-3,6-8,10H2. The van der Waals surface area contributed by atoms with Crippen LogP contribution in [0.15, 0.2) is 22.7 Å². The Morgan fingerprint density at radius 3 is 2.89 bits per heavy atom. The molecule has 2 nitrogen and oxygen atoms in total. The number of nitrogens with zero attached hydrogens (tertiary/aromatic N) is 2. The van der Waals surface area contributed by atoms with Crippen molar-refractivity contribution in [2.45, 2.75) is 25.3 Å². The van der Waals surface area contributed by atoms with Crippen molar-refractivity contribution >= 4 is 21.6 Å². The van der Waals surface area contributed by atoms with Gasteiger partial charge in [0.1, 0.15) is 5.82 Å². The van der Waals surface area contributed by atoms with E-state index in [-0.39, 0.29) is 5.82 Å². The quantitative estimate of drug-likeness (QED) is 0.785. The Balaban J connectivity index is 1.84. The average Bonchev–Trinajstić information content (AvgIpc) is 2.70. The van der Waals surface area contributed by atoms with Crippen molar-refractivity contribution in [3.05, 3.63) is 28.5 Å². The van der Waals surface area contributed by atoms with Crippen molar-refractivity contribution < 1.29 is 4.39 Å². The smallest absolute Gasteiger partial charge is 0.125 e. The molecule has 0 saturated carbocycles. The van der Waals surface area contributed by atoms with E-state index in [1.807, 2.05) is 6.07 Å². The lowest BCUT2D eigenvalue weighted by atomic mass is 10.2. The van der Waals surface area contributed by atoms with E-state index in [0.29, 0.717) is 6.04 Å². The van der Waals surface area contributed by atoms with Gasteiger partial charge in [-0.05, 0) is 59.9 Å². The first kappa shape index (κ1) is 12.4. The third-order valence-electron chi connectivity index (χ3n) is 4.05. The first-order chi connectivity index (χ1) is 8.74. The Morgan fingerprint density at radius 1 is 1.17 bits per heavy atom. The summed E-state index contributed by atoms with van der Waals surface area (Å²) in [6.07, 6.45) is 3.76. The average molecular weight is 313 g/mol. The predicted octanol–water partition coefficient (Wildman–Crippen LogP) is 3.26. The summed E-state index contributed by atoms with van der Waals surface area (Å²) in [5, 5.41) is 0. The number of rotatable bonds is 1. The van der Waals surface area contributed by atoms with Crippen LogP contribution in [0.2, 0.25) is 0 Å². The van der Waals surface area contributed by atoms with Crippen LogP contribution in [-0.2, 0) is 0 Å². The van der Waals surface area contributed by atoms with Gasteiger partial charge in [-0.3, -0.25) is 4.90 Å². The van der Waals surface area contributed by atoms with Gasteiger partial charge < -0.3 is 4.90 Å². The van der Waals surface area contributed by atoms with Crippen LogP contribution in [0.25, 0.3) is 0 Å². The molecule has 0 radical (unpaired) electrons. The number of hydrogen-bond donors (Lipinski definition) is 0. The largest absolute Gasteiger partial charge is 0.369 e. The Bertz CT molecular complexity index is 438. The molecule has 1 aromatic carbocycles. The van der Waals surface area contributed by atoms with Crippen molar-refractivity contribution in [3.8, 4) is 0 Å². The summed E-state index contributed by atoms with van der Waals surface area (Å²) < 4.78 is 14.4. The van der Waals surface area contributed by atoms with E-state index < -0.39 is 0 Å². The van der Waals surface area contributed by atoms with Crippen LogP contribution in [0.1, 0.15) is 19.3 Å². The van der Waals surface area contributed by atoms with E-state index >= 15 is 0 Å². The van der Waals surface area contributed by atoms with Crippen LogP contribution in [-0.4, -0.2) is 37.1 Å². The zero-order valence-electron chi connectivity index (χ0n) is 10.4. The molecule has 18 heavy (non-hydrogen) atoms. The van der Waals surface area contributed by atoms with Gasteiger partial charge in [0.05, 0.1) is 5.69 Å². The minimum atomic E-state index is -0.152. The number of halogens is 2. The Labute approximate surface area is 116 Å². The molecule has 2 heterocycles. The Kier molecular flexibility index (Phi) is 3.57. The van der Waals surface area contributed by atoms with Crippen molar-refractivity contribution in [2.24, 2.45) is 0 Å². The molecule has 0 spiro atoms. The molecule has 2 saturated heterocycles. The second-order valence-electron chi connectivity index (χ2n) is 5.23. The van der Waals surface area contributed by atoms with Crippen LogP contribution in [0.5, 0.6) is 0 Å². The molecule has 4 heteroatoms. The lowest BCUT2D eigenvalue weighted by molar-refractivity contribution is 0.273. The number of hydrogen-bond acceptors (Lipinski definition) is 2. The molecule has 1 atom stereocenters. The fraction of sp³-hybridized carbons (Fsp3) is 0.571. The summed E-state index contributed by atoms with van der Waals surface area (Å²) >= 11 is 3.54. The van der Waals surface area contributed by atoms with E-state index in [4.69, 9.17) is 0 Å². The van der Waals surface area contributed by atoms with Crippen LogP contribution in [0.3, 0.4) is 0 Å². The first-order valence-corrected chi connectivity index (χ1v) is 7.47. The Morgan fingerprint density at radius 2 is 2.00 bits per heavy atom. The molecule has 98 valence electrons. The highest BCUT2D eigenvalue weighted by Crippen LogP contribution is 2.30. The van der Waals surface area contributed by atoms with Gasteiger partial charge in [0.2, 0.25) is 0 Å². The third kappa shape index (κ3) is 2.41. The fourth-order valence-corrected chi connectivity index (χ4v) is 3.65. The summed E-state index contributed by atoms with van der Waals surface area (Å²) in [6, 6.07) is 5.62. The minimum absolute atomic E-state index is 0.152. The van der Waals surface area contributed by atoms with Crippen LogP contribution in [0.4, 0.5) is 10.1 Å². The number of fused-ring (bicyclic) bond motifs is 1. The Hall–Kier alpha value is -0.610. The second-order valence-corrected chi connectivity index (χ2v) is 6.08. The highest BCUT2D eigenvalue weighted by atomic mass is 79.9. The highest BCUT2D eigenvalue weighted by molar-refractivity contribution is 9.10.